The zero-order valence-electron chi connectivity index (χ0n) is 10.9. The summed E-state index contributed by atoms with van der Waals surface area (Å²) < 4.78 is 1.25. The third-order valence-electron chi connectivity index (χ3n) is 3.21. The maximum atomic E-state index is 5.69. The summed E-state index contributed by atoms with van der Waals surface area (Å²) >= 11 is 1.75. The van der Waals surface area contributed by atoms with Crippen molar-refractivity contribution in [3.8, 4) is 10.6 Å². The van der Waals surface area contributed by atoms with E-state index in [1.54, 1.807) is 11.3 Å². The van der Waals surface area contributed by atoms with Crippen molar-refractivity contribution in [2.75, 3.05) is 6.54 Å². The third-order valence-corrected chi connectivity index (χ3v) is 4.26. The topological polar surface area (TPSA) is 38.9 Å². The molecule has 0 bridgehead atoms. The Balaban J connectivity index is 2.13. The molecule has 0 spiro atoms. The van der Waals surface area contributed by atoms with Gasteiger partial charge >= 0.3 is 0 Å². The highest BCUT2D eigenvalue weighted by atomic mass is 32.1. The molecule has 0 saturated heterocycles. The number of nitrogens with two attached hydrogens (primary N) is 1. The van der Waals surface area contributed by atoms with E-state index >= 15 is 0 Å². The minimum atomic E-state index is 0.668. The maximum Gasteiger partial charge on any atom is 0.124 e. The Bertz CT molecular complexity index is 716. The highest BCUT2D eigenvalue weighted by Gasteiger charge is 2.09. The molecule has 19 heavy (non-hydrogen) atoms. The molecule has 0 saturated carbocycles. The Morgan fingerprint density at radius 3 is 2.84 bits per heavy atom. The van der Waals surface area contributed by atoms with Crippen molar-refractivity contribution in [3.63, 3.8) is 0 Å². The molecule has 3 rings (SSSR count). The number of nitrogens with zero attached hydrogens (tertiary/aromatic N) is 1. The molecule has 0 radical (unpaired) electrons. The summed E-state index contributed by atoms with van der Waals surface area (Å²) in [6, 6.07) is 14.8. The summed E-state index contributed by atoms with van der Waals surface area (Å²) in [5.74, 6) is 0. The van der Waals surface area contributed by atoms with Crippen LogP contribution in [0.3, 0.4) is 0 Å². The average Bonchev–Trinajstić information content (AvgIpc) is 2.82. The lowest BCUT2D eigenvalue weighted by Gasteiger charge is -2.04. The standard InChI is InChI=1S/C16H16N2S/c1-11-6-7-14-15(10-11)19-16(18-14)13-5-3-2-4-12(13)8-9-17/h2-7,10H,8-9,17H2,1H3. The largest absolute Gasteiger partial charge is 0.330 e. The van der Waals surface area contributed by atoms with Gasteiger partial charge in [0.25, 0.3) is 0 Å². The van der Waals surface area contributed by atoms with Gasteiger partial charge < -0.3 is 5.73 Å². The Kier molecular flexibility index (Phi) is 3.32. The van der Waals surface area contributed by atoms with Crippen LogP contribution >= 0.6 is 11.3 Å². The quantitative estimate of drug-likeness (QED) is 0.785. The Labute approximate surface area is 116 Å². The molecular formula is C16H16N2S. The SMILES string of the molecule is Cc1ccc2nc(-c3ccccc3CCN)sc2c1. The summed E-state index contributed by atoms with van der Waals surface area (Å²) in [7, 11) is 0. The number of fused-ring (bicyclic) bond motifs is 1. The van der Waals surface area contributed by atoms with Crippen LogP contribution in [-0.4, -0.2) is 11.5 Å². The zero-order chi connectivity index (χ0) is 13.2. The number of thiazole rings is 1. The minimum Gasteiger partial charge on any atom is -0.330 e. The van der Waals surface area contributed by atoms with Gasteiger partial charge in [0.15, 0.2) is 0 Å². The van der Waals surface area contributed by atoms with Gasteiger partial charge in [-0.15, -0.1) is 11.3 Å². The smallest absolute Gasteiger partial charge is 0.124 e. The van der Waals surface area contributed by atoms with Gasteiger partial charge in [-0.3, -0.25) is 0 Å². The monoisotopic (exact) mass is 268 g/mol. The van der Waals surface area contributed by atoms with E-state index < -0.39 is 0 Å². The third kappa shape index (κ3) is 2.39. The highest BCUT2D eigenvalue weighted by Crippen LogP contribution is 2.32. The van der Waals surface area contributed by atoms with Crippen LogP contribution in [0.4, 0.5) is 0 Å². The summed E-state index contributed by atoms with van der Waals surface area (Å²) in [5.41, 5.74) is 10.5. The molecule has 2 nitrogen and oxygen atoms in total. The fourth-order valence-corrected chi connectivity index (χ4v) is 3.37. The molecule has 2 N–H and O–H groups in total. The Morgan fingerprint density at radius 1 is 1.16 bits per heavy atom. The van der Waals surface area contributed by atoms with E-state index in [4.69, 9.17) is 10.7 Å². The van der Waals surface area contributed by atoms with Gasteiger partial charge in [0, 0.05) is 5.56 Å². The first kappa shape index (κ1) is 12.3. The summed E-state index contributed by atoms with van der Waals surface area (Å²) in [6.07, 6.45) is 0.894. The first-order valence-electron chi connectivity index (χ1n) is 6.43. The predicted molar refractivity (Wildman–Crippen MR) is 82.6 cm³/mol. The molecule has 2 aromatic carbocycles. The van der Waals surface area contributed by atoms with Crippen LogP contribution in [0.5, 0.6) is 0 Å². The molecule has 0 aliphatic rings. The van der Waals surface area contributed by atoms with Crippen molar-refractivity contribution in [2.24, 2.45) is 5.73 Å². The van der Waals surface area contributed by atoms with E-state index in [1.807, 2.05) is 0 Å². The number of hydrogen-bond donors (Lipinski definition) is 1. The summed E-state index contributed by atoms with van der Waals surface area (Å²) in [4.78, 5) is 4.74. The molecule has 1 aromatic heterocycles. The fraction of sp³-hybridized carbons (Fsp3) is 0.188. The second-order valence-electron chi connectivity index (χ2n) is 4.69. The van der Waals surface area contributed by atoms with E-state index in [0.29, 0.717) is 6.54 Å². The average molecular weight is 268 g/mol. The van der Waals surface area contributed by atoms with Crippen molar-refractivity contribution in [1.29, 1.82) is 0 Å². The summed E-state index contributed by atoms with van der Waals surface area (Å²) in [6.45, 7) is 2.78. The number of aryl methyl sites for hydroxylation is 1. The predicted octanol–water partition coefficient (Wildman–Crippen LogP) is 3.77. The van der Waals surface area contributed by atoms with Gasteiger partial charge in [-0.05, 0) is 43.1 Å². The molecule has 0 amide bonds. The van der Waals surface area contributed by atoms with E-state index in [2.05, 4.69) is 49.4 Å². The Morgan fingerprint density at radius 2 is 2.00 bits per heavy atom. The van der Waals surface area contributed by atoms with Crippen LogP contribution in [-0.2, 0) is 6.42 Å². The normalized spacial score (nSPS) is 11.1. The molecule has 0 atom stereocenters. The molecule has 0 aliphatic carbocycles. The van der Waals surface area contributed by atoms with Crippen molar-refractivity contribution in [2.45, 2.75) is 13.3 Å². The number of aromatic nitrogens is 1. The van der Waals surface area contributed by atoms with Crippen LogP contribution in [0.2, 0.25) is 0 Å². The Hall–Kier alpha value is -1.71. The van der Waals surface area contributed by atoms with E-state index in [0.717, 1.165) is 16.9 Å². The number of benzene rings is 2. The van der Waals surface area contributed by atoms with Crippen LogP contribution < -0.4 is 5.73 Å². The molecule has 96 valence electrons. The first-order valence-corrected chi connectivity index (χ1v) is 7.25. The van der Waals surface area contributed by atoms with Gasteiger partial charge in [0.1, 0.15) is 5.01 Å². The van der Waals surface area contributed by atoms with Gasteiger partial charge in [-0.25, -0.2) is 4.98 Å². The summed E-state index contributed by atoms with van der Waals surface area (Å²) in [5, 5.41) is 1.09. The zero-order valence-corrected chi connectivity index (χ0v) is 11.7. The second-order valence-corrected chi connectivity index (χ2v) is 5.72. The van der Waals surface area contributed by atoms with Crippen LogP contribution in [0.1, 0.15) is 11.1 Å². The molecule has 0 unspecified atom stereocenters. The first-order chi connectivity index (χ1) is 9.28. The molecule has 0 fully saturated rings. The van der Waals surface area contributed by atoms with Gasteiger partial charge in [0.2, 0.25) is 0 Å². The second kappa shape index (κ2) is 5.11. The van der Waals surface area contributed by atoms with Gasteiger partial charge in [0.05, 0.1) is 10.2 Å². The van der Waals surface area contributed by atoms with Crippen LogP contribution in [0, 0.1) is 6.92 Å². The fourth-order valence-electron chi connectivity index (χ4n) is 2.25. The number of rotatable bonds is 3. The molecule has 1 heterocycles. The molecule has 3 heteroatoms. The van der Waals surface area contributed by atoms with Crippen molar-refractivity contribution in [3.05, 3.63) is 53.6 Å². The van der Waals surface area contributed by atoms with E-state index in [-0.39, 0.29) is 0 Å². The van der Waals surface area contributed by atoms with Crippen molar-refractivity contribution >= 4 is 21.6 Å². The molecule has 3 aromatic rings. The van der Waals surface area contributed by atoms with Crippen LogP contribution in [0.15, 0.2) is 42.5 Å². The van der Waals surface area contributed by atoms with Gasteiger partial charge in [-0.1, -0.05) is 30.3 Å². The molecule has 0 aliphatic heterocycles. The van der Waals surface area contributed by atoms with Gasteiger partial charge in [-0.2, -0.15) is 0 Å². The van der Waals surface area contributed by atoms with Crippen LogP contribution in [0.25, 0.3) is 20.8 Å². The lowest BCUT2D eigenvalue weighted by molar-refractivity contribution is 0.970. The lowest BCUT2D eigenvalue weighted by Crippen LogP contribution is -2.03. The molecular weight excluding hydrogens is 252 g/mol. The maximum absolute atomic E-state index is 5.69. The van der Waals surface area contributed by atoms with E-state index in [1.165, 1.54) is 21.4 Å². The highest BCUT2D eigenvalue weighted by molar-refractivity contribution is 7.21. The van der Waals surface area contributed by atoms with E-state index in [9.17, 15) is 0 Å². The van der Waals surface area contributed by atoms with Crippen molar-refractivity contribution in [1.82, 2.24) is 4.98 Å². The lowest BCUT2D eigenvalue weighted by atomic mass is 10.1. The minimum absolute atomic E-state index is 0.668. The number of hydrogen-bond acceptors (Lipinski definition) is 3. The van der Waals surface area contributed by atoms with Crippen molar-refractivity contribution < 1.29 is 0 Å².